The highest BCUT2D eigenvalue weighted by Gasteiger charge is 2.25. The average Bonchev–Trinajstić information content (AvgIpc) is 2.86. The largest absolute Gasteiger partial charge is 0.409 e. The first-order valence-corrected chi connectivity index (χ1v) is 7.33. The number of ether oxygens (including phenoxy) is 2. The number of nitrogens with zero attached hydrogens (tertiary/aromatic N) is 3. The van der Waals surface area contributed by atoms with Gasteiger partial charge in [-0.1, -0.05) is 5.16 Å². The summed E-state index contributed by atoms with van der Waals surface area (Å²) >= 11 is 0. The van der Waals surface area contributed by atoms with Crippen molar-refractivity contribution >= 4 is 16.7 Å². The molecular formula is C15H20N4O3. The molecule has 2 heterocycles. The predicted octanol–water partition coefficient (Wildman–Crippen LogP) is 1.94. The van der Waals surface area contributed by atoms with Crippen LogP contribution in [0.25, 0.3) is 10.9 Å². The van der Waals surface area contributed by atoms with Gasteiger partial charge in [0, 0.05) is 23.9 Å². The Morgan fingerprint density at radius 1 is 1.45 bits per heavy atom. The van der Waals surface area contributed by atoms with Crippen LogP contribution in [0, 0.1) is 6.92 Å². The number of rotatable bonds is 5. The summed E-state index contributed by atoms with van der Waals surface area (Å²) in [6.45, 7) is 4.62. The topological polar surface area (TPSA) is 94.9 Å². The summed E-state index contributed by atoms with van der Waals surface area (Å²) in [6.07, 6.45) is 3.42. The van der Waals surface area contributed by atoms with Gasteiger partial charge in [-0.15, -0.1) is 0 Å². The van der Waals surface area contributed by atoms with Crippen molar-refractivity contribution in [3.8, 4) is 0 Å². The van der Waals surface area contributed by atoms with Gasteiger partial charge in [0.1, 0.15) is 0 Å². The molecule has 118 valence electrons. The molecule has 0 spiro atoms. The Morgan fingerprint density at radius 3 is 2.91 bits per heavy atom. The van der Waals surface area contributed by atoms with E-state index in [0.717, 1.165) is 41.4 Å². The molecule has 1 aromatic carbocycles. The third kappa shape index (κ3) is 2.77. The first-order valence-electron chi connectivity index (χ1n) is 7.33. The fourth-order valence-electron chi connectivity index (χ4n) is 2.72. The van der Waals surface area contributed by atoms with Crippen molar-refractivity contribution < 1.29 is 14.7 Å². The number of aromatic nitrogens is 2. The first-order chi connectivity index (χ1) is 10.6. The zero-order valence-electron chi connectivity index (χ0n) is 12.7. The molecule has 7 nitrogen and oxygen atoms in total. The zero-order chi connectivity index (χ0) is 15.7. The van der Waals surface area contributed by atoms with Crippen LogP contribution in [-0.4, -0.2) is 33.4 Å². The first kappa shape index (κ1) is 14.8. The molecule has 22 heavy (non-hydrogen) atoms. The lowest BCUT2D eigenvalue weighted by Gasteiger charge is -2.33. The summed E-state index contributed by atoms with van der Waals surface area (Å²) < 4.78 is 12.8. The van der Waals surface area contributed by atoms with E-state index in [1.807, 2.05) is 30.7 Å². The molecule has 0 saturated carbocycles. The van der Waals surface area contributed by atoms with Gasteiger partial charge < -0.3 is 20.4 Å². The van der Waals surface area contributed by atoms with E-state index in [1.165, 1.54) is 0 Å². The Balaban J connectivity index is 1.73. The molecule has 3 N–H and O–H groups in total. The van der Waals surface area contributed by atoms with Gasteiger partial charge in [-0.05, 0) is 38.0 Å². The van der Waals surface area contributed by atoms with Crippen molar-refractivity contribution in [3.63, 3.8) is 0 Å². The van der Waals surface area contributed by atoms with E-state index >= 15 is 0 Å². The van der Waals surface area contributed by atoms with E-state index in [9.17, 15) is 0 Å². The number of amidine groups is 1. The minimum Gasteiger partial charge on any atom is -0.409 e. The van der Waals surface area contributed by atoms with Gasteiger partial charge in [0.15, 0.2) is 18.4 Å². The number of hydrogen-bond acceptors (Lipinski definition) is 5. The third-order valence-corrected chi connectivity index (χ3v) is 3.87. The molecule has 7 heteroatoms. The van der Waals surface area contributed by atoms with Gasteiger partial charge in [-0.25, -0.2) is 0 Å². The smallest absolute Gasteiger partial charge is 0.170 e. The summed E-state index contributed by atoms with van der Waals surface area (Å²) in [4.78, 5) is 0. The number of oxime groups is 1. The lowest BCUT2D eigenvalue weighted by molar-refractivity contribution is -0.377. The minimum absolute atomic E-state index is 0.0738. The molecule has 0 amide bonds. The van der Waals surface area contributed by atoms with Crippen LogP contribution in [0.3, 0.4) is 0 Å². The van der Waals surface area contributed by atoms with Crippen LogP contribution >= 0.6 is 0 Å². The quantitative estimate of drug-likeness (QED) is 0.381. The van der Waals surface area contributed by atoms with Crippen molar-refractivity contribution in [2.75, 3.05) is 0 Å². The molecule has 0 bridgehead atoms. The third-order valence-electron chi connectivity index (χ3n) is 3.87. The second kappa shape index (κ2) is 5.94. The van der Waals surface area contributed by atoms with Crippen LogP contribution in [0.15, 0.2) is 23.5 Å². The Kier molecular flexibility index (Phi) is 4.00. The van der Waals surface area contributed by atoms with Crippen LogP contribution in [0.4, 0.5) is 0 Å². The highest BCUT2D eigenvalue weighted by atomic mass is 16.9. The van der Waals surface area contributed by atoms with E-state index < -0.39 is 0 Å². The summed E-state index contributed by atoms with van der Waals surface area (Å²) in [7, 11) is 0. The molecule has 1 aliphatic rings. The highest BCUT2D eigenvalue weighted by Crippen LogP contribution is 2.22. The second-order valence-electron chi connectivity index (χ2n) is 5.49. The number of hydrogen-bond donors (Lipinski definition) is 2. The van der Waals surface area contributed by atoms with Crippen molar-refractivity contribution in [1.29, 1.82) is 0 Å². The Bertz CT molecular complexity index is 704. The maximum absolute atomic E-state index is 8.82. The summed E-state index contributed by atoms with van der Waals surface area (Å²) in [5, 5.41) is 17.3. The molecule has 0 unspecified atom stereocenters. The van der Waals surface area contributed by atoms with Gasteiger partial charge in [0.25, 0.3) is 0 Å². The van der Waals surface area contributed by atoms with Crippen LogP contribution in [0.5, 0.6) is 0 Å². The lowest BCUT2D eigenvalue weighted by atomic mass is 10.1. The summed E-state index contributed by atoms with van der Waals surface area (Å²) in [6, 6.07) is 3.90. The number of nitrogens with two attached hydrogens (primary N) is 1. The van der Waals surface area contributed by atoms with Crippen molar-refractivity contribution in [2.45, 2.75) is 45.8 Å². The summed E-state index contributed by atoms with van der Waals surface area (Å²) in [5.41, 5.74) is 8.39. The molecule has 0 atom stereocenters. The Hall–Kier alpha value is -2.12. The zero-order valence-corrected chi connectivity index (χ0v) is 12.7. The van der Waals surface area contributed by atoms with E-state index in [0.29, 0.717) is 0 Å². The Labute approximate surface area is 128 Å². The van der Waals surface area contributed by atoms with Gasteiger partial charge in [-0.2, -0.15) is 5.10 Å². The molecule has 1 fully saturated rings. The van der Waals surface area contributed by atoms with Crippen LogP contribution in [0.1, 0.15) is 30.9 Å². The SMILES string of the molecule is Cc1cc2c(cnn2CCCC2OC(C)O2)cc1/C(N)=N\O. The van der Waals surface area contributed by atoms with E-state index in [-0.39, 0.29) is 18.4 Å². The molecule has 1 aromatic heterocycles. The number of fused-ring (bicyclic) bond motifs is 1. The molecule has 3 rings (SSSR count). The van der Waals surface area contributed by atoms with Crippen molar-refractivity contribution in [3.05, 3.63) is 29.5 Å². The lowest BCUT2D eigenvalue weighted by Crippen LogP contribution is -2.38. The average molecular weight is 304 g/mol. The van der Waals surface area contributed by atoms with Crippen LogP contribution in [-0.2, 0) is 16.0 Å². The molecule has 0 aliphatic carbocycles. The van der Waals surface area contributed by atoms with Crippen molar-refractivity contribution in [2.24, 2.45) is 10.9 Å². The predicted molar refractivity (Wildman–Crippen MR) is 81.6 cm³/mol. The molecule has 0 radical (unpaired) electrons. The van der Waals surface area contributed by atoms with Gasteiger partial charge in [0.05, 0.1) is 11.7 Å². The van der Waals surface area contributed by atoms with Gasteiger partial charge in [-0.3, -0.25) is 4.68 Å². The van der Waals surface area contributed by atoms with Crippen LogP contribution < -0.4 is 5.73 Å². The van der Waals surface area contributed by atoms with E-state index in [2.05, 4.69) is 10.3 Å². The standard InChI is InChI=1S/C15H20N4O3/c1-9-6-13-11(7-12(9)15(16)18-20)8-17-19(13)5-3-4-14-21-10(2)22-14/h6-8,10,14,20H,3-5H2,1-2H3,(H2,16,18). The molecule has 2 aromatic rings. The monoisotopic (exact) mass is 304 g/mol. The van der Waals surface area contributed by atoms with Gasteiger partial charge >= 0.3 is 0 Å². The van der Waals surface area contributed by atoms with Crippen LogP contribution in [0.2, 0.25) is 0 Å². The van der Waals surface area contributed by atoms with Gasteiger partial charge in [0.2, 0.25) is 0 Å². The fraction of sp³-hybridized carbons (Fsp3) is 0.467. The fourth-order valence-corrected chi connectivity index (χ4v) is 2.72. The maximum Gasteiger partial charge on any atom is 0.170 e. The molecular weight excluding hydrogens is 284 g/mol. The Morgan fingerprint density at radius 2 is 2.23 bits per heavy atom. The molecule has 1 aliphatic heterocycles. The van der Waals surface area contributed by atoms with E-state index in [1.54, 1.807) is 6.20 Å². The highest BCUT2D eigenvalue weighted by molar-refractivity contribution is 6.01. The number of benzene rings is 1. The maximum atomic E-state index is 8.82. The number of aryl methyl sites for hydroxylation is 2. The molecule has 1 saturated heterocycles. The normalized spacial score (nSPS) is 22.0. The van der Waals surface area contributed by atoms with E-state index in [4.69, 9.17) is 20.4 Å². The minimum atomic E-state index is -0.0780. The van der Waals surface area contributed by atoms with Crippen molar-refractivity contribution in [1.82, 2.24) is 9.78 Å². The summed E-state index contributed by atoms with van der Waals surface area (Å²) in [5.74, 6) is 0.112. The second-order valence-corrected chi connectivity index (χ2v) is 5.49.